The van der Waals surface area contributed by atoms with Crippen molar-refractivity contribution in [3.8, 4) is 0 Å². The number of hydrogen-bond donors (Lipinski definition) is 3. The molecule has 176 valence electrons. The fourth-order valence-electron chi connectivity index (χ4n) is 3.76. The van der Waals surface area contributed by atoms with Gasteiger partial charge in [0.1, 0.15) is 0 Å². The van der Waals surface area contributed by atoms with E-state index in [0.29, 0.717) is 31.7 Å². The fraction of sp³-hybridized carbons (Fsp3) is 0.652. The minimum Gasteiger partial charge on any atom is -0.360 e. The lowest BCUT2D eigenvalue weighted by Gasteiger charge is -2.30. The Bertz CT molecular complexity index is 669. The van der Waals surface area contributed by atoms with Gasteiger partial charge in [0.2, 0.25) is 5.91 Å². The van der Waals surface area contributed by atoms with Gasteiger partial charge >= 0.3 is 0 Å². The molecule has 0 spiro atoms. The van der Waals surface area contributed by atoms with Crippen molar-refractivity contribution >= 4 is 41.5 Å². The Morgan fingerprint density at radius 2 is 1.84 bits per heavy atom. The number of carbonyl (C=O) groups excluding carboxylic acids is 1. The molecule has 1 saturated heterocycles. The fourth-order valence-corrected chi connectivity index (χ4v) is 3.76. The number of hydrogen-bond acceptors (Lipinski definition) is 4. The Kier molecular flexibility index (Phi) is 12.9. The molecule has 1 aliphatic heterocycles. The molecule has 0 aromatic heterocycles. The summed E-state index contributed by atoms with van der Waals surface area (Å²) in [6.07, 6.45) is 1.08. The zero-order valence-electron chi connectivity index (χ0n) is 19.8. The first kappa shape index (κ1) is 27.5. The Balaban J connectivity index is 0.00000480. The van der Waals surface area contributed by atoms with E-state index >= 15 is 0 Å². The molecule has 0 bridgehead atoms. The summed E-state index contributed by atoms with van der Waals surface area (Å²) in [5.41, 5.74) is 2.24. The van der Waals surface area contributed by atoms with Crippen molar-refractivity contribution in [3.05, 3.63) is 29.8 Å². The summed E-state index contributed by atoms with van der Waals surface area (Å²) >= 11 is 0. The van der Waals surface area contributed by atoms with Gasteiger partial charge in [-0.05, 0) is 58.7 Å². The first-order chi connectivity index (χ1) is 14.4. The van der Waals surface area contributed by atoms with Gasteiger partial charge in [-0.25, -0.2) is 4.99 Å². The normalized spacial score (nSPS) is 14.6. The average Bonchev–Trinajstić information content (AvgIpc) is 2.71. The van der Waals surface area contributed by atoms with Crippen LogP contribution in [0.3, 0.4) is 0 Å². The van der Waals surface area contributed by atoms with Crippen LogP contribution in [0.1, 0.15) is 46.6 Å². The van der Waals surface area contributed by atoms with Gasteiger partial charge in [-0.3, -0.25) is 9.69 Å². The summed E-state index contributed by atoms with van der Waals surface area (Å²) in [6, 6.07) is 9.48. The highest BCUT2D eigenvalue weighted by atomic mass is 127. The van der Waals surface area contributed by atoms with Gasteiger partial charge in [0.15, 0.2) is 5.96 Å². The van der Waals surface area contributed by atoms with Gasteiger partial charge < -0.3 is 20.9 Å². The standard InChI is InChI=1S/C23H40N6O.HI/c1-6-24-23(26-12-7-14-29(18(2)3)19(4)5)27-16-20-8-10-21(11-9-20)28-15-13-25-22(30)17-28;/h8-11,18-19H,6-7,12-17H2,1-5H3,(H,25,30)(H2,24,26,27);1H. The largest absolute Gasteiger partial charge is 0.360 e. The molecule has 1 aliphatic rings. The summed E-state index contributed by atoms with van der Waals surface area (Å²) in [4.78, 5) is 20.9. The molecule has 0 unspecified atom stereocenters. The van der Waals surface area contributed by atoms with Crippen LogP contribution in [-0.4, -0.2) is 68.1 Å². The predicted octanol–water partition coefficient (Wildman–Crippen LogP) is 2.80. The van der Waals surface area contributed by atoms with Crippen molar-refractivity contribution in [2.75, 3.05) is 44.2 Å². The van der Waals surface area contributed by atoms with Crippen molar-refractivity contribution in [1.29, 1.82) is 0 Å². The number of anilines is 1. The molecule has 1 aromatic carbocycles. The summed E-state index contributed by atoms with van der Waals surface area (Å²) in [7, 11) is 0. The molecule has 7 nitrogen and oxygen atoms in total. The zero-order valence-corrected chi connectivity index (χ0v) is 22.1. The third-order valence-electron chi connectivity index (χ3n) is 5.32. The van der Waals surface area contributed by atoms with E-state index in [-0.39, 0.29) is 29.9 Å². The molecular weight excluding hydrogens is 503 g/mol. The molecule has 8 heteroatoms. The van der Waals surface area contributed by atoms with Gasteiger partial charge in [-0.2, -0.15) is 0 Å². The van der Waals surface area contributed by atoms with Crippen molar-refractivity contribution in [2.24, 2.45) is 4.99 Å². The van der Waals surface area contributed by atoms with Crippen LogP contribution in [0.5, 0.6) is 0 Å². The van der Waals surface area contributed by atoms with Crippen LogP contribution in [0.15, 0.2) is 29.3 Å². The van der Waals surface area contributed by atoms with Crippen LogP contribution in [0.2, 0.25) is 0 Å². The van der Waals surface area contributed by atoms with Crippen LogP contribution < -0.4 is 20.9 Å². The molecular formula is C23H41IN6O. The number of halogens is 1. The van der Waals surface area contributed by atoms with Gasteiger partial charge in [0, 0.05) is 50.5 Å². The Morgan fingerprint density at radius 3 is 2.42 bits per heavy atom. The predicted molar refractivity (Wildman–Crippen MR) is 141 cm³/mol. The van der Waals surface area contributed by atoms with Crippen molar-refractivity contribution in [1.82, 2.24) is 20.9 Å². The quantitative estimate of drug-likeness (QED) is 0.183. The number of piperazine rings is 1. The maximum atomic E-state index is 11.6. The second kappa shape index (κ2) is 14.5. The third-order valence-corrected chi connectivity index (χ3v) is 5.32. The maximum absolute atomic E-state index is 11.6. The summed E-state index contributed by atoms with van der Waals surface area (Å²) in [5.74, 6) is 0.941. The van der Waals surface area contributed by atoms with Crippen LogP contribution >= 0.6 is 24.0 Å². The third kappa shape index (κ3) is 9.64. The summed E-state index contributed by atoms with van der Waals surface area (Å²) in [5, 5.41) is 9.64. The van der Waals surface area contributed by atoms with E-state index in [1.807, 2.05) is 0 Å². The van der Waals surface area contributed by atoms with Gasteiger partial charge in [-0.1, -0.05) is 12.1 Å². The Hall–Kier alpha value is -1.55. The van der Waals surface area contributed by atoms with Gasteiger partial charge in [-0.15, -0.1) is 24.0 Å². The number of aliphatic imine (C=N–C) groups is 1. The van der Waals surface area contributed by atoms with Gasteiger partial charge in [0.25, 0.3) is 0 Å². The number of guanidine groups is 1. The van der Waals surface area contributed by atoms with E-state index in [9.17, 15) is 4.79 Å². The highest BCUT2D eigenvalue weighted by molar-refractivity contribution is 14.0. The molecule has 31 heavy (non-hydrogen) atoms. The number of nitrogens with one attached hydrogen (secondary N) is 3. The number of nitrogens with zero attached hydrogens (tertiary/aromatic N) is 3. The Morgan fingerprint density at radius 1 is 1.16 bits per heavy atom. The first-order valence-corrected chi connectivity index (χ1v) is 11.3. The topological polar surface area (TPSA) is 72.0 Å². The van der Waals surface area contributed by atoms with E-state index in [2.05, 4.69) is 84.6 Å². The molecule has 0 radical (unpaired) electrons. The number of benzene rings is 1. The maximum Gasteiger partial charge on any atom is 0.239 e. The highest BCUT2D eigenvalue weighted by Crippen LogP contribution is 2.16. The van der Waals surface area contributed by atoms with Crippen LogP contribution in [0.4, 0.5) is 5.69 Å². The van der Waals surface area contributed by atoms with Crippen LogP contribution in [-0.2, 0) is 11.3 Å². The second-order valence-corrected chi connectivity index (χ2v) is 8.34. The smallest absolute Gasteiger partial charge is 0.239 e. The number of carbonyl (C=O) groups is 1. The van der Waals surface area contributed by atoms with E-state index in [4.69, 9.17) is 4.99 Å². The monoisotopic (exact) mass is 544 g/mol. The minimum absolute atomic E-state index is 0. The molecule has 0 atom stereocenters. The van der Waals surface area contributed by atoms with Crippen molar-refractivity contribution in [2.45, 2.75) is 59.7 Å². The summed E-state index contributed by atoms with van der Waals surface area (Å²) in [6.45, 7) is 16.5. The van der Waals surface area contributed by atoms with Crippen molar-refractivity contribution in [3.63, 3.8) is 0 Å². The van der Waals surface area contributed by atoms with E-state index < -0.39 is 0 Å². The first-order valence-electron chi connectivity index (χ1n) is 11.3. The molecule has 2 rings (SSSR count). The molecule has 1 fully saturated rings. The zero-order chi connectivity index (χ0) is 21.9. The Labute approximate surface area is 205 Å². The van der Waals surface area contributed by atoms with E-state index in [0.717, 1.165) is 49.8 Å². The van der Waals surface area contributed by atoms with Crippen molar-refractivity contribution < 1.29 is 4.79 Å². The molecule has 1 heterocycles. The van der Waals surface area contributed by atoms with Gasteiger partial charge in [0.05, 0.1) is 13.1 Å². The minimum atomic E-state index is 0. The molecule has 0 aliphatic carbocycles. The average molecular weight is 545 g/mol. The molecule has 1 aromatic rings. The van der Waals surface area contributed by atoms with E-state index in [1.54, 1.807) is 0 Å². The second-order valence-electron chi connectivity index (χ2n) is 8.34. The molecule has 3 N–H and O–H groups in total. The van der Waals surface area contributed by atoms with Crippen LogP contribution in [0, 0.1) is 0 Å². The molecule has 1 amide bonds. The number of amides is 1. The van der Waals surface area contributed by atoms with E-state index in [1.165, 1.54) is 0 Å². The molecule has 0 saturated carbocycles. The summed E-state index contributed by atoms with van der Waals surface area (Å²) < 4.78 is 0. The number of rotatable bonds is 10. The lowest BCUT2D eigenvalue weighted by molar-refractivity contribution is -0.120. The lowest BCUT2D eigenvalue weighted by atomic mass is 10.2. The van der Waals surface area contributed by atoms with Crippen LogP contribution in [0.25, 0.3) is 0 Å². The lowest BCUT2D eigenvalue weighted by Crippen LogP contribution is -2.47. The SMILES string of the molecule is CCNC(=NCc1ccc(N2CCNC(=O)C2)cc1)NCCCN(C(C)C)C(C)C.I. The highest BCUT2D eigenvalue weighted by Gasteiger charge is 2.16.